The van der Waals surface area contributed by atoms with Gasteiger partial charge in [-0.2, -0.15) is 5.10 Å². The quantitative estimate of drug-likeness (QED) is 0.463. The first kappa shape index (κ1) is 21.2. The molecule has 0 aliphatic carbocycles. The molecule has 0 fully saturated rings. The number of hydrogen-bond acceptors (Lipinski definition) is 7. The zero-order chi connectivity index (χ0) is 22.7. The maximum absolute atomic E-state index is 11.9. The van der Waals surface area contributed by atoms with E-state index in [2.05, 4.69) is 37.6 Å². The summed E-state index contributed by atoms with van der Waals surface area (Å²) in [5, 5.41) is 11.2. The van der Waals surface area contributed by atoms with Crippen LogP contribution in [0, 0.1) is 0 Å². The van der Waals surface area contributed by atoms with Crippen LogP contribution in [-0.4, -0.2) is 51.3 Å². The third-order valence-electron chi connectivity index (χ3n) is 5.38. The van der Waals surface area contributed by atoms with Gasteiger partial charge in [0.2, 0.25) is 0 Å². The van der Waals surface area contributed by atoms with E-state index in [4.69, 9.17) is 4.74 Å². The number of benzene rings is 1. The average Bonchev–Trinajstić information content (AvgIpc) is 3.21. The van der Waals surface area contributed by atoms with Gasteiger partial charge >= 0.3 is 0 Å². The lowest BCUT2D eigenvalue weighted by Crippen LogP contribution is -2.18. The molecule has 3 aromatic heterocycles. The number of carbonyl (C=O) groups is 1. The minimum absolute atomic E-state index is 0.121. The van der Waals surface area contributed by atoms with E-state index in [1.807, 2.05) is 25.2 Å². The van der Waals surface area contributed by atoms with Crippen molar-refractivity contribution in [3.05, 3.63) is 60.2 Å². The molecule has 0 spiro atoms. The highest BCUT2D eigenvalue weighted by Crippen LogP contribution is 2.28. The molecule has 0 saturated carbocycles. The van der Waals surface area contributed by atoms with E-state index in [1.54, 1.807) is 43.4 Å². The lowest BCUT2D eigenvalue weighted by molar-refractivity contribution is 0.0962. The van der Waals surface area contributed by atoms with Gasteiger partial charge in [-0.05, 0) is 23.8 Å². The topological polar surface area (TPSA) is 107 Å². The first-order valence-electron chi connectivity index (χ1n) is 10.2. The highest BCUT2D eigenvalue weighted by molar-refractivity contribution is 5.94. The molecule has 0 saturated heterocycles. The number of ether oxygens (including phenoxy) is 1. The molecule has 1 atom stereocenters. The number of aryl methyl sites for hydroxylation is 1. The number of nitrogens with zero attached hydrogens (tertiary/aromatic N) is 5. The van der Waals surface area contributed by atoms with Gasteiger partial charge in [0.05, 0.1) is 19.0 Å². The van der Waals surface area contributed by atoms with Crippen LogP contribution in [0.4, 0.5) is 5.82 Å². The SMILES string of the molecule is CNC(=O)c1ccc([C@H](C)CNc2cc(-c3cnc4c(cnn4C)c3)ncn2)c(OC)c1. The van der Waals surface area contributed by atoms with E-state index >= 15 is 0 Å². The van der Waals surface area contributed by atoms with Crippen LogP contribution in [0.15, 0.2) is 49.1 Å². The van der Waals surface area contributed by atoms with Gasteiger partial charge in [-0.15, -0.1) is 0 Å². The van der Waals surface area contributed by atoms with Crippen molar-refractivity contribution in [2.75, 3.05) is 26.0 Å². The zero-order valence-electron chi connectivity index (χ0n) is 18.5. The van der Waals surface area contributed by atoms with Gasteiger partial charge in [0.15, 0.2) is 5.65 Å². The van der Waals surface area contributed by atoms with Crippen LogP contribution in [0.1, 0.15) is 28.8 Å². The van der Waals surface area contributed by atoms with Crippen LogP contribution >= 0.6 is 0 Å². The fraction of sp³-hybridized carbons (Fsp3) is 0.261. The summed E-state index contributed by atoms with van der Waals surface area (Å²) >= 11 is 0. The Balaban J connectivity index is 1.50. The number of fused-ring (bicyclic) bond motifs is 1. The molecule has 0 radical (unpaired) electrons. The second-order valence-corrected chi connectivity index (χ2v) is 7.51. The Bertz CT molecular complexity index is 1270. The van der Waals surface area contributed by atoms with Crippen molar-refractivity contribution >= 4 is 22.8 Å². The number of rotatable bonds is 7. The lowest BCUT2D eigenvalue weighted by Gasteiger charge is -2.17. The maximum Gasteiger partial charge on any atom is 0.251 e. The summed E-state index contributed by atoms with van der Waals surface area (Å²) in [4.78, 5) is 25.1. The maximum atomic E-state index is 11.9. The van der Waals surface area contributed by atoms with E-state index in [1.165, 1.54) is 6.33 Å². The average molecular weight is 432 g/mol. The molecule has 0 bridgehead atoms. The highest BCUT2D eigenvalue weighted by Gasteiger charge is 2.15. The van der Waals surface area contributed by atoms with Crippen molar-refractivity contribution in [3.8, 4) is 17.0 Å². The Labute approximate surface area is 185 Å². The molecule has 32 heavy (non-hydrogen) atoms. The molecule has 0 aliphatic heterocycles. The monoisotopic (exact) mass is 431 g/mol. The van der Waals surface area contributed by atoms with Crippen LogP contribution in [0.25, 0.3) is 22.3 Å². The Hall–Kier alpha value is -4.01. The summed E-state index contributed by atoms with van der Waals surface area (Å²) in [5.74, 6) is 1.37. The predicted octanol–water partition coefficient (Wildman–Crippen LogP) is 3.01. The summed E-state index contributed by atoms with van der Waals surface area (Å²) in [7, 11) is 5.08. The summed E-state index contributed by atoms with van der Waals surface area (Å²) < 4.78 is 7.26. The van der Waals surface area contributed by atoms with Crippen molar-refractivity contribution in [2.45, 2.75) is 12.8 Å². The second kappa shape index (κ2) is 9.01. The van der Waals surface area contributed by atoms with Crippen LogP contribution in [0.2, 0.25) is 0 Å². The van der Waals surface area contributed by atoms with E-state index in [-0.39, 0.29) is 11.8 Å². The Morgan fingerprint density at radius 3 is 2.78 bits per heavy atom. The van der Waals surface area contributed by atoms with Crippen molar-refractivity contribution in [1.82, 2.24) is 30.0 Å². The van der Waals surface area contributed by atoms with Crippen LogP contribution in [0.5, 0.6) is 5.75 Å². The fourth-order valence-electron chi connectivity index (χ4n) is 3.57. The molecule has 0 aliphatic rings. The van der Waals surface area contributed by atoms with E-state index in [0.717, 1.165) is 27.9 Å². The van der Waals surface area contributed by atoms with Gasteiger partial charge < -0.3 is 15.4 Å². The smallest absolute Gasteiger partial charge is 0.251 e. The van der Waals surface area contributed by atoms with Gasteiger partial charge in [0.25, 0.3) is 5.91 Å². The standard InChI is InChI=1S/C23H25N7O2/c1-14(18-6-5-15(23(31)24-2)8-20(18)32-4)10-25-21-9-19(27-13-28-21)16-7-17-12-29-30(3)22(17)26-11-16/h5-9,11-14H,10H2,1-4H3,(H,24,31)(H,25,27,28)/t14-/m1/s1. The predicted molar refractivity (Wildman–Crippen MR) is 123 cm³/mol. The third-order valence-corrected chi connectivity index (χ3v) is 5.38. The molecular formula is C23H25N7O2. The Morgan fingerprint density at radius 2 is 2.00 bits per heavy atom. The number of anilines is 1. The first-order valence-corrected chi connectivity index (χ1v) is 10.2. The van der Waals surface area contributed by atoms with Gasteiger partial charge in [-0.3, -0.25) is 9.48 Å². The van der Waals surface area contributed by atoms with Crippen LogP contribution in [-0.2, 0) is 7.05 Å². The van der Waals surface area contributed by atoms with Crippen molar-refractivity contribution in [1.29, 1.82) is 0 Å². The molecule has 2 N–H and O–H groups in total. The lowest BCUT2D eigenvalue weighted by atomic mass is 9.98. The number of methoxy groups -OCH3 is 1. The normalized spacial score (nSPS) is 11.9. The Kier molecular flexibility index (Phi) is 5.98. The molecule has 9 heteroatoms. The molecule has 9 nitrogen and oxygen atoms in total. The number of pyridine rings is 1. The number of nitrogens with one attached hydrogen (secondary N) is 2. The minimum atomic E-state index is -0.145. The summed E-state index contributed by atoms with van der Waals surface area (Å²) in [6, 6.07) is 9.41. The van der Waals surface area contributed by atoms with Gasteiger partial charge in [0, 0.05) is 55.3 Å². The molecule has 1 aromatic carbocycles. The summed E-state index contributed by atoms with van der Waals surface area (Å²) in [5.41, 5.74) is 4.07. The van der Waals surface area contributed by atoms with E-state index in [0.29, 0.717) is 23.7 Å². The minimum Gasteiger partial charge on any atom is -0.496 e. The van der Waals surface area contributed by atoms with Gasteiger partial charge in [0.1, 0.15) is 17.9 Å². The number of hydrogen-bond donors (Lipinski definition) is 2. The highest BCUT2D eigenvalue weighted by atomic mass is 16.5. The number of amides is 1. The molecule has 4 rings (SSSR count). The second-order valence-electron chi connectivity index (χ2n) is 7.51. The molecular weight excluding hydrogens is 406 g/mol. The molecule has 1 amide bonds. The van der Waals surface area contributed by atoms with Gasteiger partial charge in [-0.25, -0.2) is 15.0 Å². The Morgan fingerprint density at radius 1 is 1.16 bits per heavy atom. The van der Waals surface area contributed by atoms with Crippen molar-refractivity contribution in [3.63, 3.8) is 0 Å². The third kappa shape index (κ3) is 4.22. The largest absolute Gasteiger partial charge is 0.496 e. The van der Waals surface area contributed by atoms with Crippen molar-refractivity contribution < 1.29 is 9.53 Å². The van der Waals surface area contributed by atoms with Crippen LogP contribution in [0.3, 0.4) is 0 Å². The summed E-state index contributed by atoms with van der Waals surface area (Å²) in [6.45, 7) is 2.72. The van der Waals surface area contributed by atoms with E-state index < -0.39 is 0 Å². The first-order chi connectivity index (χ1) is 15.5. The fourth-order valence-corrected chi connectivity index (χ4v) is 3.57. The zero-order valence-corrected chi connectivity index (χ0v) is 18.5. The molecule has 0 unspecified atom stereocenters. The van der Waals surface area contributed by atoms with Gasteiger partial charge in [-0.1, -0.05) is 13.0 Å². The summed E-state index contributed by atoms with van der Waals surface area (Å²) in [6.07, 6.45) is 5.11. The van der Waals surface area contributed by atoms with Crippen molar-refractivity contribution in [2.24, 2.45) is 7.05 Å². The number of aromatic nitrogens is 5. The van der Waals surface area contributed by atoms with Crippen LogP contribution < -0.4 is 15.4 Å². The molecule has 4 aromatic rings. The molecule has 164 valence electrons. The van der Waals surface area contributed by atoms with E-state index in [9.17, 15) is 4.79 Å². The number of carbonyl (C=O) groups excluding carboxylic acids is 1. The molecule has 3 heterocycles.